The molecule has 1 nitrogen and oxygen atoms in total. The van der Waals surface area contributed by atoms with Gasteiger partial charge in [0.1, 0.15) is 0 Å². The molecule has 0 radical (unpaired) electrons. The normalized spacial score (nSPS) is 49.3. The summed E-state index contributed by atoms with van der Waals surface area (Å²) in [4.78, 5) is 0. The summed E-state index contributed by atoms with van der Waals surface area (Å²) in [5.74, 6) is 1.75. The summed E-state index contributed by atoms with van der Waals surface area (Å²) in [6.07, 6.45) is 13.4. The second-order valence-corrected chi connectivity index (χ2v) is 4.24. The fraction of sp³-hybridized carbons (Fsp3) is 0.636. The van der Waals surface area contributed by atoms with Crippen molar-refractivity contribution < 1.29 is 0 Å². The molecule has 4 atom stereocenters. The summed E-state index contributed by atoms with van der Waals surface area (Å²) >= 11 is 0. The Morgan fingerprint density at radius 2 is 2.00 bits per heavy atom. The average Bonchev–Trinajstić information content (AvgIpc) is 2.62. The van der Waals surface area contributed by atoms with Gasteiger partial charge in [-0.2, -0.15) is 0 Å². The minimum atomic E-state index is 0.658. The SMILES string of the molecule is C1=CC2NC3CCCC3C2C=C1. The molecule has 2 fully saturated rings. The lowest BCUT2D eigenvalue weighted by atomic mass is 9.86. The van der Waals surface area contributed by atoms with Crippen LogP contribution in [0.3, 0.4) is 0 Å². The molecular weight excluding hydrogens is 146 g/mol. The summed E-state index contributed by atoms with van der Waals surface area (Å²) in [7, 11) is 0. The molecular formula is C11H15N. The predicted octanol–water partition coefficient (Wildman–Crippen LogP) is 1.87. The first-order valence-corrected chi connectivity index (χ1v) is 5.06. The van der Waals surface area contributed by atoms with E-state index >= 15 is 0 Å². The Bertz CT molecular complexity index is 241. The van der Waals surface area contributed by atoms with E-state index in [1.54, 1.807) is 0 Å². The summed E-state index contributed by atoms with van der Waals surface area (Å²) in [6, 6.07) is 1.48. The van der Waals surface area contributed by atoms with Crippen LogP contribution in [-0.4, -0.2) is 12.1 Å². The van der Waals surface area contributed by atoms with Crippen molar-refractivity contribution in [2.75, 3.05) is 0 Å². The van der Waals surface area contributed by atoms with Crippen molar-refractivity contribution in [3.63, 3.8) is 0 Å². The first kappa shape index (κ1) is 6.90. The second kappa shape index (κ2) is 2.46. The van der Waals surface area contributed by atoms with Crippen molar-refractivity contribution in [2.45, 2.75) is 31.3 Å². The fourth-order valence-corrected chi connectivity index (χ4v) is 3.10. The third-order valence-electron chi connectivity index (χ3n) is 3.65. The highest BCUT2D eigenvalue weighted by atomic mass is 15.0. The Balaban J connectivity index is 1.90. The van der Waals surface area contributed by atoms with E-state index in [0.717, 1.165) is 17.9 Å². The lowest BCUT2D eigenvalue weighted by Crippen LogP contribution is -2.29. The maximum Gasteiger partial charge on any atom is 0.0322 e. The first-order valence-electron chi connectivity index (χ1n) is 5.06. The minimum Gasteiger partial charge on any atom is -0.307 e. The highest BCUT2D eigenvalue weighted by molar-refractivity contribution is 5.22. The molecule has 1 N–H and O–H groups in total. The smallest absolute Gasteiger partial charge is 0.0322 e. The van der Waals surface area contributed by atoms with Gasteiger partial charge in [-0.25, -0.2) is 0 Å². The molecule has 0 bridgehead atoms. The second-order valence-electron chi connectivity index (χ2n) is 4.24. The van der Waals surface area contributed by atoms with E-state index in [0.29, 0.717) is 6.04 Å². The summed E-state index contributed by atoms with van der Waals surface area (Å²) in [5.41, 5.74) is 0. The van der Waals surface area contributed by atoms with Crippen LogP contribution in [0.1, 0.15) is 19.3 Å². The molecule has 4 unspecified atom stereocenters. The molecule has 2 aliphatic carbocycles. The fourth-order valence-electron chi connectivity index (χ4n) is 3.10. The molecule has 64 valence electrons. The number of fused-ring (bicyclic) bond motifs is 3. The van der Waals surface area contributed by atoms with Crippen molar-refractivity contribution >= 4 is 0 Å². The Hall–Kier alpha value is -0.560. The van der Waals surface area contributed by atoms with Crippen LogP contribution in [0.4, 0.5) is 0 Å². The van der Waals surface area contributed by atoms with Crippen molar-refractivity contribution in [1.82, 2.24) is 5.32 Å². The Morgan fingerprint density at radius 1 is 1.08 bits per heavy atom. The molecule has 1 aliphatic heterocycles. The Kier molecular flexibility index (Phi) is 1.42. The lowest BCUT2D eigenvalue weighted by Gasteiger charge is -2.18. The van der Waals surface area contributed by atoms with Gasteiger partial charge in [0.25, 0.3) is 0 Å². The quantitative estimate of drug-likeness (QED) is 0.572. The van der Waals surface area contributed by atoms with E-state index in [-0.39, 0.29) is 0 Å². The molecule has 0 spiro atoms. The molecule has 0 amide bonds. The largest absolute Gasteiger partial charge is 0.307 e. The standard InChI is InChI=1S/C11H15N/c1-2-6-10-8(4-1)9-5-3-7-11(9)12-10/h1-2,4,6,8-12H,3,5,7H2. The van der Waals surface area contributed by atoms with Crippen LogP contribution in [0, 0.1) is 11.8 Å². The van der Waals surface area contributed by atoms with Crippen molar-refractivity contribution in [2.24, 2.45) is 11.8 Å². The van der Waals surface area contributed by atoms with Gasteiger partial charge in [0, 0.05) is 18.0 Å². The van der Waals surface area contributed by atoms with Crippen molar-refractivity contribution in [3.8, 4) is 0 Å². The molecule has 1 heteroatoms. The molecule has 0 aromatic rings. The van der Waals surface area contributed by atoms with Gasteiger partial charge in [0.15, 0.2) is 0 Å². The van der Waals surface area contributed by atoms with Gasteiger partial charge in [0.05, 0.1) is 0 Å². The maximum absolute atomic E-state index is 3.72. The third kappa shape index (κ3) is 0.831. The zero-order valence-electron chi connectivity index (χ0n) is 7.24. The number of allylic oxidation sites excluding steroid dienone is 2. The van der Waals surface area contributed by atoms with E-state index in [2.05, 4.69) is 29.6 Å². The molecule has 0 aromatic heterocycles. The minimum absolute atomic E-state index is 0.658. The maximum atomic E-state index is 3.72. The van der Waals surface area contributed by atoms with Gasteiger partial charge in [0.2, 0.25) is 0 Å². The summed E-state index contributed by atoms with van der Waals surface area (Å²) in [5, 5.41) is 3.72. The average molecular weight is 161 g/mol. The van der Waals surface area contributed by atoms with E-state index in [1.807, 2.05) is 0 Å². The van der Waals surface area contributed by atoms with Gasteiger partial charge >= 0.3 is 0 Å². The first-order chi connectivity index (χ1) is 5.95. The van der Waals surface area contributed by atoms with Crippen LogP contribution >= 0.6 is 0 Å². The summed E-state index contributed by atoms with van der Waals surface area (Å²) in [6.45, 7) is 0. The van der Waals surface area contributed by atoms with Crippen molar-refractivity contribution in [3.05, 3.63) is 24.3 Å². The van der Waals surface area contributed by atoms with Crippen LogP contribution in [0.2, 0.25) is 0 Å². The zero-order valence-corrected chi connectivity index (χ0v) is 7.24. The molecule has 0 aromatic carbocycles. The molecule has 12 heavy (non-hydrogen) atoms. The summed E-state index contributed by atoms with van der Waals surface area (Å²) < 4.78 is 0. The highest BCUT2D eigenvalue weighted by Crippen LogP contribution is 2.41. The Labute approximate surface area is 73.5 Å². The molecule has 1 saturated heterocycles. The number of hydrogen-bond acceptors (Lipinski definition) is 1. The van der Waals surface area contributed by atoms with E-state index in [4.69, 9.17) is 0 Å². The van der Waals surface area contributed by atoms with E-state index in [1.165, 1.54) is 19.3 Å². The zero-order chi connectivity index (χ0) is 7.97. The van der Waals surface area contributed by atoms with Gasteiger partial charge in [-0.3, -0.25) is 0 Å². The lowest BCUT2D eigenvalue weighted by molar-refractivity contribution is 0.446. The predicted molar refractivity (Wildman–Crippen MR) is 49.8 cm³/mol. The molecule has 1 saturated carbocycles. The van der Waals surface area contributed by atoms with Crippen LogP contribution in [-0.2, 0) is 0 Å². The van der Waals surface area contributed by atoms with Crippen molar-refractivity contribution in [1.29, 1.82) is 0 Å². The van der Waals surface area contributed by atoms with Crippen LogP contribution in [0.5, 0.6) is 0 Å². The number of rotatable bonds is 0. The van der Waals surface area contributed by atoms with Crippen LogP contribution in [0.15, 0.2) is 24.3 Å². The number of nitrogens with one attached hydrogen (secondary N) is 1. The molecule has 3 rings (SSSR count). The van der Waals surface area contributed by atoms with Gasteiger partial charge in [-0.15, -0.1) is 0 Å². The highest BCUT2D eigenvalue weighted by Gasteiger charge is 2.42. The molecule has 3 aliphatic rings. The van der Waals surface area contributed by atoms with Gasteiger partial charge in [-0.1, -0.05) is 30.7 Å². The molecule has 1 heterocycles. The van der Waals surface area contributed by atoms with E-state index in [9.17, 15) is 0 Å². The number of hydrogen-bond donors (Lipinski definition) is 1. The van der Waals surface area contributed by atoms with E-state index < -0.39 is 0 Å². The van der Waals surface area contributed by atoms with Gasteiger partial charge < -0.3 is 5.32 Å². The van der Waals surface area contributed by atoms with Crippen LogP contribution < -0.4 is 5.32 Å². The third-order valence-corrected chi connectivity index (χ3v) is 3.65. The Morgan fingerprint density at radius 3 is 3.00 bits per heavy atom. The van der Waals surface area contributed by atoms with Crippen LogP contribution in [0.25, 0.3) is 0 Å². The topological polar surface area (TPSA) is 12.0 Å². The monoisotopic (exact) mass is 161 g/mol. The van der Waals surface area contributed by atoms with Gasteiger partial charge in [-0.05, 0) is 18.8 Å².